The first-order chi connectivity index (χ1) is 8.99. The van der Waals surface area contributed by atoms with Crippen LogP contribution in [0.2, 0.25) is 0 Å². The van der Waals surface area contributed by atoms with Gasteiger partial charge in [-0.1, -0.05) is 15.9 Å². The van der Waals surface area contributed by atoms with Crippen molar-refractivity contribution in [3.05, 3.63) is 51.8 Å². The maximum Gasteiger partial charge on any atom is 0.259 e. The number of nitrogens with zero attached hydrogens (tertiary/aromatic N) is 2. The summed E-state index contributed by atoms with van der Waals surface area (Å²) in [6, 6.07) is 2.12. The molecule has 4 nitrogen and oxygen atoms in total. The van der Waals surface area contributed by atoms with E-state index in [1.165, 1.54) is 18.1 Å². The van der Waals surface area contributed by atoms with Crippen LogP contribution in [-0.4, -0.2) is 28.1 Å². The van der Waals surface area contributed by atoms with Gasteiger partial charge in [-0.15, -0.1) is 0 Å². The molecule has 0 fully saturated rings. The third kappa shape index (κ3) is 2.98. The minimum absolute atomic E-state index is 0.213. The van der Waals surface area contributed by atoms with Crippen molar-refractivity contribution in [2.75, 3.05) is 7.05 Å². The molecule has 2 aromatic rings. The lowest BCUT2D eigenvalue weighted by Crippen LogP contribution is -2.27. The number of aromatic nitrogens is 2. The van der Waals surface area contributed by atoms with E-state index in [0.717, 1.165) is 17.7 Å². The summed E-state index contributed by atoms with van der Waals surface area (Å²) in [5.41, 5.74) is 0.183. The molecule has 0 saturated heterocycles. The largest absolute Gasteiger partial charge is 0.337 e. The molecule has 0 atom stereocenters. The number of H-pyrrole nitrogens is 1. The highest BCUT2D eigenvalue weighted by Gasteiger charge is 2.21. The molecule has 2 rings (SSSR count). The van der Waals surface area contributed by atoms with E-state index in [1.54, 1.807) is 6.20 Å². The first-order valence-electron chi connectivity index (χ1n) is 5.36. The van der Waals surface area contributed by atoms with E-state index in [-0.39, 0.29) is 11.0 Å². The van der Waals surface area contributed by atoms with Crippen LogP contribution in [-0.2, 0) is 6.54 Å². The van der Waals surface area contributed by atoms with Gasteiger partial charge in [0.25, 0.3) is 5.91 Å². The molecule has 1 aromatic carbocycles. The van der Waals surface area contributed by atoms with Gasteiger partial charge in [0, 0.05) is 29.8 Å². The number of carbonyl (C=O) groups is 1. The van der Waals surface area contributed by atoms with Gasteiger partial charge < -0.3 is 4.90 Å². The summed E-state index contributed by atoms with van der Waals surface area (Å²) < 4.78 is 27.6. The second-order valence-corrected chi connectivity index (χ2v) is 4.93. The predicted molar refractivity (Wildman–Crippen MR) is 68.4 cm³/mol. The number of rotatable bonds is 3. The highest BCUT2D eigenvalue weighted by atomic mass is 79.9. The van der Waals surface area contributed by atoms with Crippen LogP contribution >= 0.6 is 15.9 Å². The van der Waals surface area contributed by atoms with E-state index in [9.17, 15) is 13.6 Å². The van der Waals surface area contributed by atoms with Crippen LogP contribution in [0.4, 0.5) is 8.78 Å². The number of carbonyl (C=O) groups excluding carboxylic acids is 1. The predicted octanol–water partition coefficient (Wildman–Crippen LogP) is 2.72. The average Bonchev–Trinajstić information content (AvgIpc) is 2.80. The third-order valence-corrected chi connectivity index (χ3v) is 3.00. The van der Waals surface area contributed by atoms with Gasteiger partial charge >= 0.3 is 0 Å². The van der Waals surface area contributed by atoms with Crippen LogP contribution in [0.5, 0.6) is 0 Å². The van der Waals surface area contributed by atoms with Gasteiger partial charge in [0.15, 0.2) is 0 Å². The van der Waals surface area contributed by atoms with Crippen LogP contribution in [0.25, 0.3) is 0 Å². The lowest BCUT2D eigenvalue weighted by molar-refractivity contribution is 0.0775. The lowest BCUT2D eigenvalue weighted by atomic mass is 10.1. The molecule has 0 radical (unpaired) electrons. The number of hydrogen-bond acceptors (Lipinski definition) is 2. The van der Waals surface area contributed by atoms with E-state index in [2.05, 4.69) is 26.1 Å². The Morgan fingerprint density at radius 1 is 1.42 bits per heavy atom. The second-order valence-electron chi connectivity index (χ2n) is 4.01. The molecule has 1 aromatic heterocycles. The zero-order valence-corrected chi connectivity index (χ0v) is 11.5. The summed E-state index contributed by atoms with van der Waals surface area (Å²) in [4.78, 5) is 13.2. The monoisotopic (exact) mass is 329 g/mol. The van der Waals surface area contributed by atoms with Crippen molar-refractivity contribution in [1.82, 2.24) is 15.1 Å². The summed E-state index contributed by atoms with van der Waals surface area (Å²) in [6.07, 6.45) is 3.15. The molecule has 1 amide bonds. The minimum atomic E-state index is -0.893. The van der Waals surface area contributed by atoms with Crippen molar-refractivity contribution in [1.29, 1.82) is 0 Å². The molecular formula is C12H10BrF2N3O. The van der Waals surface area contributed by atoms with E-state index >= 15 is 0 Å². The molecule has 0 saturated carbocycles. The molecule has 0 aliphatic carbocycles. The Bertz CT molecular complexity index is 578. The Labute approximate surface area is 116 Å². The smallest absolute Gasteiger partial charge is 0.259 e. The molecule has 100 valence electrons. The summed E-state index contributed by atoms with van der Waals surface area (Å²) in [5.74, 6) is -2.50. The zero-order chi connectivity index (χ0) is 14.0. The highest BCUT2D eigenvalue weighted by Crippen LogP contribution is 2.21. The van der Waals surface area contributed by atoms with Crippen LogP contribution in [0.15, 0.2) is 29.0 Å². The Balaban J connectivity index is 2.24. The van der Waals surface area contributed by atoms with E-state index in [1.807, 2.05) is 0 Å². The minimum Gasteiger partial charge on any atom is -0.337 e. The molecule has 1 heterocycles. The molecule has 0 bridgehead atoms. The molecule has 7 heteroatoms. The van der Waals surface area contributed by atoms with Gasteiger partial charge in [-0.3, -0.25) is 9.89 Å². The first kappa shape index (κ1) is 13.7. The number of halogens is 3. The van der Waals surface area contributed by atoms with Crippen LogP contribution in [0.3, 0.4) is 0 Å². The summed E-state index contributed by atoms with van der Waals surface area (Å²) in [6.45, 7) is 0.213. The summed E-state index contributed by atoms with van der Waals surface area (Å²) in [5, 5.41) is 6.34. The maximum atomic E-state index is 13.7. The average molecular weight is 330 g/mol. The first-order valence-corrected chi connectivity index (χ1v) is 6.16. The van der Waals surface area contributed by atoms with Crippen LogP contribution < -0.4 is 0 Å². The van der Waals surface area contributed by atoms with Gasteiger partial charge in [0.1, 0.15) is 17.2 Å². The van der Waals surface area contributed by atoms with Gasteiger partial charge in [0.05, 0.1) is 6.20 Å². The number of aromatic amines is 1. The Morgan fingerprint density at radius 2 is 2.05 bits per heavy atom. The summed E-state index contributed by atoms with van der Waals surface area (Å²) >= 11 is 2.96. The fourth-order valence-corrected chi connectivity index (χ4v) is 2.05. The third-order valence-electron chi connectivity index (χ3n) is 2.54. The Kier molecular flexibility index (Phi) is 3.94. The van der Waals surface area contributed by atoms with Gasteiger partial charge in [-0.25, -0.2) is 8.78 Å². The lowest BCUT2D eigenvalue weighted by Gasteiger charge is -2.17. The van der Waals surface area contributed by atoms with Gasteiger partial charge in [-0.2, -0.15) is 5.10 Å². The van der Waals surface area contributed by atoms with E-state index < -0.39 is 23.1 Å². The van der Waals surface area contributed by atoms with Gasteiger partial charge in [0.2, 0.25) is 0 Å². The highest BCUT2D eigenvalue weighted by molar-refractivity contribution is 9.10. The van der Waals surface area contributed by atoms with E-state index in [0.29, 0.717) is 0 Å². The van der Waals surface area contributed by atoms with Crippen LogP contribution in [0.1, 0.15) is 15.9 Å². The maximum absolute atomic E-state index is 13.7. The number of hydrogen-bond donors (Lipinski definition) is 1. The Morgan fingerprint density at radius 3 is 2.58 bits per heavy atom. The number of amides is 1. The quantitative estimate of drug-likeness (QED) is 0.941. The number of benzene rings is 1. The van der Waals surface area contributed by atoms with Crippen molar-refractivity contribution >= 4 is 21.8 Å². The van der Waals surface area contributed by atoms with Crippen molar-refractivity contribution in [2.45, 2.75) is 6.54 Å². The molecule has 0 aliphatic rings. The van der Waals surface area contributed by atoms with Crippen molar-refractivity contribution in [2.24, 2.45) is 0 Å². The molecule has 0 spiro atoms. The SMILES string of the molecule is CN(Cc1cn[nH]c1)C(=O)c1c(F)cc(Br)cc1F. The molecular weight excluding hydrogens is 320 g/mol. The van der Waals surface area contributed by atoms with E-state index in [4.69, 9.17) is 0 Å². The normalized spacial score (nSPS) is 10.5. The Hall–Kier alpha value is -1.76. The molecule has 19 heavy (non-hydrogen) atoms. The fourth-order valence-electron chi connectivity index (χ4n) is 1.65. The van der Waals surface area contributed by atoms with Gasteiger partial charge in [-0.05, 0) is 12.1 Å². The molecule has 0 unspecified atom stereocenters. The zero-order valence-electron chi connectivity index (χ0n) is 9.95. The molecule has 0 aliphatic heterocycles. The second kappa shape index (κ2) is 5.48. The standard InChI is InChI=1S/C12H10BrF2N3O/c1-18(6-7-4-16-17-5-7)12(19)11-9(14)2-8(13)3-10(11)15/h2-5H,6H2,1H3,(H,16,17). The van der Waals surface area contributed by atoms with Crippen molar-refractivity contribution in [3.8, 4) is 0 Å². The van der Waals surface area contributed by atoms with Crippen LogP contribution in [0, 0.1) is 11.6 Å². The number of nitrogens with one attached hydrogen (secondary N) is 1. The molecule has 1 N–H and O–H groups in total. The fraction of sp³-hybridized carbons (Fsp3) is 0.167. The topological polar surface area (TPSA) is 49.0 Å². The van der Waals surface area contributed by atoms with Crippen molar-refractivity contribution in [3.63, 3.8) is 0 Å². The summed E-state index contributed by atoms with van der Waals surface area (Å²) in [7, 11) is 1.47. The van der Waals surface area contributed by atoms with Crippen molar-refractivity contribution < 1.29 is 13.6 Å².